The number of halogens is 5. The zero-order valence-corrected chi connectivity index (χ0v) is 22.2. The highest BCUT2D eigenvalue weighted by Crippen LogP contribution is 2.37. The summed E-state index contributed by atoms with van der Waals surface area (Å²) in [5, 5.41) is 17.4. The number of sulfone groups is 1. The molecule has 200 valence electrons. The molecule has 0 spiro atoms. The molecule has 1 aromatic carbocycles. The topological polar surface area (TPSA) is 101 Å². The smallest absolute Gasteiger partial charge is 0.388 e. The van der Waals surface area contributed by atoms with E-state index in [1.807, 2.05) is 0 Å². The van der Waals surface area contributed by atoms with Gasteiger partial charge < -0.3 is 10.4 Å². The van der Waals surface area contributed by atoms with Crippen LogP contribution in [0.3, 0.4) is 0 Å². The molecule has 1 aliphatic rings. The number of aliphatic hydroxyl groups is 1. The Kier molecular flexibility index (Phi) is 8.69. The van der Waals surface area contributed by atoms with Gasteiger partial charge >= 0.3 is 6.18 Å². The third-order valence-corrected chi connectivity index (χ3v) is 8.79. The van der Waals surface area contributed by atoms with E-state index in [1.165, 1.54) is 23.1 Å². The van der Waals surface area contributed by atoms with Crippen molar-refractivity contribution in [3.8, 4) is 11.3 Å². The molecular weight excluding hydrogens is 542 g/mol. The Morgan fingerprint density at radius 2 is 1.92 bits per heavy atom. The lowest BCUT2D eigenvalue weighted by Gasteiger charge is -2.35. The Labute approximate surface area is 217 Å². The molecule has 0 radical (unpaired) electrons. The fraction of sp³-hybridized carbons (Fsp3) is 0.565. The normalized spacial score (nSPS) is 20.9. The first kappa shape index (κ1) is 28.7. The molecule has 1 amide bonds. The fourth-order valence-corrected chi connectivity index (χ4v) is 6.03. The van der Waals surface area contributed by atoms with Crippen LogP contribution >= 0.6 is 23.2 Å². The standard InChI is InChI=1S/C23H28Cl2F3N3O4S/c1-3-31-20(16-5-4-14(12-17(16)24)6-11-23(26,27)28)18(25)19(30-31)21(32)29-13-22(33)9-7-15(8-10-22)36(2,34)35/h4-5,12,15,33H,3,6-11,13H2,1-2H3,(H,29,32)/t15-,22+. The zero-order chi connectivity index (χ0) is 26.9. The van der Waals surface area contributed by atoms with E-state index in [0.717, 1.165) is 0 Å². The fourth-order valence-electron chi connectivity index (χ4n) is 4.33. The summed E-state index contributed by atoms with van der Waals surface area (Å²) in [6.07, 6.45) is -3.23. The van der Waals surface area contributed by atoms with Gasteiger partial charge in [0.1, 0.15) is 9.84 Å². The Bertz CT molecular complexity index is 1220. The number of carbonyl (C=O) groups is 1. The van der Waals surface area contributed by atoms with Crippen LogP contribution in [0, 0.1) is 0 Å². The second kappa shape index (κ2) is 10.9. The second-order valence-corrected chi connectivity index (χ2v) is 12.3. The molecule has 1 aliphatic carbocycles. The van der Waals surface area contributed by atoms with Crippen LogP contribution in [0.5, 0.6) is 0 Å². The van der Waals surface area contributed by atoms with Crippen molar-refractivity contribution in [2.24, 2.45) is 0 Å². The number of carbonyl (C=O) groups excluding carboxylic acids is 1. The summed E-state index contributed by atoms with van der Waals surface area (Å²) in [4.78, 5) is 12.9. The van der Waals surface area contributed by atoms with Crippen LogP contribution < -0.4 is 5.32 Å². The number of alkyl halides is 3. The van der Waals surface area contributed by atoms with Gasteiger partial charge in [0.05, 0.1) is 26.6 Å². The average molecular weight is 570 g/mol. The van der Waals surface area contributed by atoms with Crippen LogP contribution in [-0.2, 0) is 22.8 Å². The highest BCUT2D eigenvalue weighted by Gasteiger charge is 2.37. The number of rotatable bonds is 8. The number of hydrogen-bond donors (Lipinski definition) is 2. The zero-order valence-electron chi connectivity index (χ0n) is 19.8. The van der Waals surface area contributed by atoms with Gasteiger partial charge in [0.25, 0.3) is 5.91 Å². The Balaban J connectivity index is 1.75. The monoisotopic (exact) mass is 569 g/mol. The minimum Gasteiger partial charge on any atom is -0.388 e. The second-order valence-electron chi connectivity index (χ2n) is 9.19. The van der Waals surface area contributed by atoms with E-state index in [9.17, 15) is 31.5 Å². The van der Waals surface area contributed by atoms with Crippen LogP contribution in [0.1, 0.15) is 55.1 Å². The van der Waals surface area contributed by atoms with Crippen LogP contribution in [0.2, 0.25) is 10.0 Å². The molecule has 1 saturated carbocycles. The molecule has 2 aromatic rings. The van der Waals surface area contributed by atoms with E-state index in [1.54, 1.807) is 13.0 Å². The maximum atomic E-state index is 12.9. The van der Waals surface area contributed by atoms with Crippen molar-refractivity contribution < 1.29 is 31.5 Å². The summed E-state index contributed by atoms with van der Waals surface area (Å²) in [6.45, 7) is 2.02. The number of aryl methyl sites for hydroxylation is 2. The number of aromatic nitrogens is 2. The molecule has 1 aromatic heterocycles. The van der Waals surface area contributed by atoms with Crippen molar-refractivity contribution in [3.63, 3.8) is 0 Å². The largest absolute Gasteiger partial charge is 0.389 e. The summed E-state index contributed by atoms with van der Waals surface area (Å²) in [7, 11) is -3.19. The molecule has 0 unspecified atom stereocenters. The van der Waals surface area contributed by atoms with E-state index < -0.39 is 39.2 Å². The third-order valence-electron chi connectivity index (χ3n) is 6.44. The van der Waals surface area contributed by atoms with Crippen molar-refractivity contribution in [2.75, 3.05) is 12.8 Å². The predicted molar refractivity (Wildman–Crippen MR) is 132 cm³/mol. The minimum atomic E-state index is -4.28. The summed E-state index contributed by atoms with van der Waals surface area (Å²) in [6, 6.07) is 4.51. The first-order valence-electron chi connectivity index (χ1n) is 11.4. The summed E-state index contributed by atoms with van der Waals surface area (Å²) >= 11 is 12.9. The van der Waals surface area contributed by atoms with Crippen molar-refractivity contribution in [1.82, 2.24) is 15.1 Å². The molecule has 3 rings (SSSR count). The first-order chi connectivity index (χ1) is 16.6. The van der Waals surface area contributed by atoms with E-state index in [2.05, 4.69) is 10.4 Å². The Morgan fingerprint density at radius 1 is 1.28 bits per heavy atom. The Hall–Kier alpha value is -1.82. The lowest BCUT2D eigenvalue weighted by Crippen LogP contribution is -2.47. The molecule has 0 aliphatic heterocycles. The number of nitrogens with one attached hydrogen (secondary N) is 1. The number of hydrogen-bond acceptors (Lipinski definition) is 5. The van der Waals surface area contributed by atoms with Crippen molar-refractivity contribution in [1.29, 1.82) is 0 Å². The van der Waals surface area contributed by atoms with Crippen molar-refractivity contribution >= 4 is 38.9 Å². The molecule has 1 fully saturated rings. The van der Waals surface area contributed by atoms with E-state index in [4.69, 9.17) is 23.2 Å². The van der Waals surface area contributed by atoms with E-state index >= 15 is 0 Å². The van der Waals surface area contributed by atoms with Gasteiger partial charge in [-0.05, 0) is 50.7 Å². The van der Waals surface area contributed by atoms with Crippen LogP contribution in [0.4, 0.5) is 13.2 Å². The lowest BCUT2D eigenvalue weighted by atomic mass is 9.84. The highest BCUT2D eigenvalue weighted by molar-refractivity contribution is 7.91. The van der Waals surface area contributed by atoms with Gasteiger partial charge in [-0.25, -0.2) is 8.42 Å². The first-order valence-corrected chi connectivity index (χ1v) is 14.2. The highest BCUT2D eigenvalue weighted by atomic mass is 35.5. The molecule has 36 heavy (non-hydrogen) atoms. The van der Waals surface area contributed by atoms with Gasteiger partial charge in [-0.15, -0.1) is 0 Å². The van der Waals surface area contributed by atoms with Crippen LogP contribution in [0.15, 0.2) is 18.2 Å². The number of nitrogens with zero attached hydrogens (tertiary/aromatic N) is 2. The molecule has 1 heterocycles. The van der Waals surface area contributed by atoms with Crippen LogP contribution in [0.25, 0.3) is 11.3 Å². The maximum Gasteiger partial charge on any atom is 0.389 e. The average Bonchev–Trinajstić information content (AvgIpc) is 3.11. The predicted octanol–water partition coefficient (Wildman–Crippen LogP) is 4.82. The third kappa shape index (κ3) is 6.93. The van der Waals surface area contributed by atoms with Gasteiger partial charge in [0.2, 0.25) is 0 Å². The Morgan fingerprint density at radius 3 is 2.44 bits per heavy atom. The number of benzene rings is 1. The van der Waals surface area contributed by atoms with Crippen molar-refractivity contribution in [3.05, 3.63) is 39.5 Å². The SMILES string of the molecule is CCn1nc(C(=O)NC[C@]2(O)CC[C@@H](S(C)(=O)=O)CC2)c(Cl)c1-c1ccc(CCC(F)(F)F)cc1Cl. The molecule has 13 heteroatoms. The molecule has 7 nitrogen and oxygen atoms in total. The van der Waals surface area contributed by atoms with Gasteiger partial charge in [0, 0.05) is 31.3 Å². The molecular formula is C23H28Cl2F3N3O4S. The van der Waals surface area contributed by atoms with E-state index in [-0.39, 0.29) is 41.5 Å². The van der Waals surface area contributed by atoms with Gasteiger partial charge in [-0.1, -0.05) is 35.3 Å². The quantitative estimate of drug-likeness (QED) is 0.474. The van der Waals surface area contributed by atoms with Gasteiger partial charge in [0.15, 0.2) is 5.69 Å². The lowest BCUT2D eigenvalue weighted by molar-refractivity contribution is -0.134. The van der Waals surface area contributed by atoms with Gasteiger partial charge in [-0.2, -0.15) is 18.3 Å². The number of amides is 1. The molecule has 0 bridgehead atoms. The maximum absolute atomic E-state index is 12.9. The van der Waals surface area contributed by atoms with Crippen molar-refractivity contribution in [2.45, 2.75) is 69.0 Å². The van der Waals surface area contributed by atoms with Gasteiger partial charge in [-0.3, -0.25) is 9.48 Å². The van der Waals surface area contributed by atoms with Crippen LogP contribution in [-0.4, -0.2) is 59.0 Å². The summed E-state index contributed by atoms with van der Waals surface area (Å²) in [5.41, 5.74) is -0.141. The molecule has 0 saturated heterocycles. The summed E-state index contributed by atoms with van der Waals surface area (Å²) in [5.74, 6) is -0.620. The minimum absolute atomic E-state index is 0.0204. The molecule has 0 atom stereocenters. The summed E-state index contributed by atoms with van der Waals surface area (Å²) < 4.78 is 62.6. The molecule has 2 N–H and O–H groups in total. The van der Waals surface area contributed by atoms with E-state index in [0.29, 0.717) is 36.2 Å².